The van der Waals surface area contributed by atoms with Crippen LogP contribution in [0.25, 0.3) is 0 Å². The number of nitrogens with zero attached hydrogens (tertiary/aromatic N) is 1. The summed E-state index contributed by atoms with van der Waals surface area (Å²) in [4.78, 5) is 12.3. The zero-order chi connectivity index (χ0) is 13.1. The van der Waals surface area contributed by atoms with E-state index in [1.54, 1.807) is 4.90 Å². The van der Waals surface area contributed by atoms with E-state index in [9.17, 15) is 13.6 Å². The fraction of sp³-hybridized carbons (Fsp3) is 0.500. The number of piperidine rings is 1. The zero-order valence-corrected chi connectivity index (χ0v) is 10.5. The summed E-state index contributed by atoms with van der Waals surface area (Å²) in [5, 5.41) is 0. The van der Waals surface area contributed by atoms with Gasteiger partial charge in [-0.1, -0.05) is 13.3 Å². The van der Waals surface area contributed by atoms with Gasteiger partial charge in [0.2, 0.25) is 0 Å². The van der Waals surface area contributed by atoms with Crippen molar-refractivity contribution in [2.75, 3.05) is 18.0 Å². The summed E-state index contributed by atoms with van der Waals surface area (Å²) in [5.41, 5.74) is 0.0524. The van der Waals surface area contributed by atoms with Crippen LogP contribution in [-0.2, 0) is 0 Å². The Morgan fingerprint density at radius 1 is 1.39 bits per heavy atom. The number of anilines is 1. The van der Waals surface area contributed by atoms with Crippen molar-refractivity contribution >= 4 is 12.0 Å². The highest BCUT2D eigenvalue weighted by Gasteiger charge is 2.24. The normalized spacial score (nSPS) is 19.9. The third-order valence-electron chi connectivity index (χ3n) is 3.59. The molecule has 18 heavy (non-hydrogen) atoms. The fourth-order valence-electron chi connectivity index (χ4n) is 2.56. The lowest BCUT2D eigenvalue weighted by Crippen LogP contribution is -2.36. The molecule has 1 fully saturated rings. The molecule has 0 amide bonds. The molecule has 0 radical (unpaired) electrons. The average Bonchev–Trinajstić information content (AvgIpc) is 2.38. The molecule has 0 aliphatic carbocycles. The number of hydrogen-bond donors (Lipinski definition) is 0. The molecular weight excluding hydrogens is 236 g/mol. The molecule has 0 aromatic heterocycles. The monoisotopic (exact) mass is 253 g/mol. The fourth-order valence-corrected chi connectivity index (χ4v) is 2.56. The molecule has 2 rings (SSSR count). The first kappa shape index (κ1) is 13.0. The first-order chi connectivity index (χ1) is 8.65. The summed E-state index contributed by atoms with van der Waals surface area (Å²) in [6.45, 7) is 3.45. The maximum absolute atomic E-state index is 13.9. The quantitative estimate of drug-likeness (QED) is 0.769. The first-order valence-corrected chi connectivity index (χ1v) is 6.34. The van der Waals surface area contributed by atoms with Crippen LogP contribution >= 0.6 is 0 Å². The van der Waals surface area contributed by atoms with Crippen LogP contribution in [-0.4, -0.2) is 19.4 Å². The molecule has 1 aromatic rings. The average molecular weight is 253 g/mol. The highest BCUT2D eigenvalue weighted by Crippen LogP contribution is 2.29. The predicted octanol–water partition coefficient (Wildman–Crippen LogP) is 3.40. The van der Waals surface area contributed by atoms with Crippen molar-refractivity contribution < 1.29 is 13.6 Å². The summed E-state index contributed by atoms with van der Waals surface area (Å²) in [7, 11) is 0. The van der Waals surface area contributed by atoms with Crippen LogP contribution in [0.4, 0.5) is 14.5 Å². The Bertz CT molecular complexity index is 424. The molecule has 0 bridgehead atoms. The van der Waals surface area contributed by atoms with Gasteiger partial charge in [-0.2, -0.15) is 0 Å². The second-order valence-electron chi connectivity index (χ2n) is 4.81. The van der Waals surface area contributed by atoms with Gasteiger partial charge >= 0.3 is 0 Å². The van der Waals surface area contributed by atoms with Gasteiger partial charge < -0.3 is 4.90 Å². The van der Waals surface area contributed by atoms with Gasteiger partial charge in [-0.3, -0.25) is 4.79 Å². The number of carbonyl (C=O) groups excluding carboxylic acids is 1. The molecule has 98 valence electrons. The molecule has 1 aromatic carbocycles. The number of benzene rings is 1. The Labute approximate surface area is 106 Å². The Balaban J connectivity index is 2.30. The minimum Gasteiger partial charge on any atom is -0.367 e. The van der Waals surface area contributed by atoms with Crippen LogP contribution in [0.1, 0.15) is 36.5 Å². The lowest BCUT2D eigenvalue weighted by molar-refractivity contribution is 0.112. The molecule has 1 saturated heterocycles. The van der Waals surface area contributed by atoms with Crippen molar-refractivity contribution in [3.8, 4) is 0 Å². The van der Waals surface area contributed by atoms with Crippen molar-refractivity contribution in [1.29, 1.82) is 0 Å². The highest BCUT2D eigenvalue weighted by atomic mass is 19.1. The molecule has 0 saturated carbocycles. The van der Waals surface area contributed by atoms with Crippen LogP contribution in [0, 0.1) is 17.6 Å². The summed E-state index contributed by atoms with van der Waals surface area (Å²) < 4.78 is 27.7. The number of aldehydes is 1. The van der Waals surface area contributed by atoms with Gasteiger partial charge in [0.15, 0.2) is 0 Å². The number of hydrogen-bond acceptors (Lipinski definition) is 2. The van der Waals surface area contributed by atoms with E-state index in [4.69, 9.17) is 0 Å². The summed E-state index contributed by atoms with van der Waals surface area (Å²) in [6.07, 6.45) is 3.54. The molecular formula is C14H17F2NO. The summed E-state index contributed by atoms with van der Waals surface area (Å²) in [6, 6.07) is 2.20. The number of rotatable bonds is 3. The molecule has 1 unspecified atom stereocenters. The van der Waals surface area contributed by atoms with E-state index in [-0.39, 0.29) is 11.3 Å². The Morgan fingerprint density at radius 3 is 2.61 bits per heavy atom. The van der Waals surface area contributed by atoms with E-state index in [1.165, 1.54) is 0 Å². The maximum Gasteiger partial charge on any atom is 0.150 e. The van der Waals surface area contributed by atoms with Crippen LogP contribution in [0.5, 0.6) is 0 Å². The van der Waals surface area contributed by atoms with Crippen LogP contribution < -0.4 is 4.90 Å². The first-order valence-electron chi connectivity index (χ1n) is 6.34. The third-order valence-corrected chi connectivity index (χ3v) is 3.59. The van der Waals surface area contributed by atoms with Crippen molar-refractivity contribution in [3.63, 3.8) is 0 Å². The third kappa shape index (κ3) is 2.52. The molecule has 0 N–H and O–H groups in total. The summed E-state index contributed by atoms with van der Waals surface area (Å²) in [5.74, 6) is -0.800. The largest absolute Gasteiger partial charge is 0.367 e. The van der Waals surface area contributed by atoms with E-state index in [1.807, 2.05) is 0 Å². The van der Waals surface area contributed by atoms with Crippen LogP contribution in [0.2, 0.25) is 0 Å². The van der Waals surface area contributed by atoms with Crippen molar-refractivity contribution in [1.82, 2.24) is 0 Å². The predicted molar refractivity (Wildman–Crippen MR) is 67.0 cm³/mol. The maximum atomic E-state index is 13.9. The van der Waals surface area contributed by atoms with Gasteiger partial charge in [0.25, 0.3) is 0 Å². The molecule has 4 heteroatoms. The van der Waals surface area contributed by atoms with Gasteiger partial charge in [0.05, 0.1) is 0 Å². The minimum absolute atomic E-state index is 0.0127. The number of halogens is 2. The van der Waals surface area contributed by atoms with E-state index in [0.717, 1.165) is 31.4 Å². The standard InChI is InChI=1S/C14H17F2NO/c1-2-10-4-3-5-17(8-10)14-12(15)6-11(9-18)7-13(14)16/h6-7,9-10H,2-5,8H2,1H3. The van der Waals surface area contributed by atoms with E-state index in [2.05, 4.69) is 6.92 Å². The Hall–Kier alpha value is -1.45. The molecule has 0 spiro atoms. The van der Waals surface area contributed by atoms with Gasteiger partial charge in [0, 0.05) is 18.7 Å². The van der Waals surface area contributed by atoms with Crippen LogP contribution in [0.3, 0.4) is 0 Å². The Morgan fingerprint density at radius 2 is 2.06 bits per heavy atom. The summed E-state index contributed by atoms with van der Waals surface area (Å²) >= 11 is 0. The Kier molecular flexibility index (Phi) is 3.94. The van der Waals surface area contributed by atoms with Crippen LogP contribution in [0.15, 0.2) is 12.1 Å². The van der Waals surface area contributed by atoms with E-state index >= 15 is 0 Å². The van der Waals surface area contributed by atoms with Gasteiger partial charge in [0.1, 0.15) is 23.6 Å². The highest BCUT2D eigenvalue weighted by molar-refractivity contribution is 5.76. The smallest absolute Gasteiger partial charge is 0.150 e. The second kappa shape index (κ2) is 5.46. The lowest BCUT2D eigenvalue weighted by atomic mass is 9.95. The molecule has 1 aliphatic rings. The molecule has 2 nitrogen and oxygen atoms in total. The SMILES string of the molecule is CCC1CCCN(c2c(F)cc(C=O)cc2F)C1. The van der Waals surface area contributed by atoms with Gasteiger partial charge in [-0.25, -0.2) is 8.78 Å². The van der Waals surface area contributed by atoms with E-state index < -0.39 is 11.6 Å². The van der Waals surface area contributed by atoms with E-state index in [0.29, 0.717) is 25.3 Å². The minimum atomic E-state index is -0.645. The van der Waals surface area contributed by atoms with Gasteiger partial charge in [-0.15, -0.1) is 0 Å². The number of carbonyl (C=O) groups is 1. The zero-order valence-electron chi connectivity index (χ0n) is 10.5. The molecule has 1 aliphatic heterocycles. The second-order valence-corrected chi connectivity index (χ2v) is 4.81. The van der Waals surface area contributed by atoms with Crippen molar-refractivity contribution in [2.45, 2.75) is 26.2 Å². The van der Waals surface area contributed by atoms with Crippen molar-refractivity contribution in [3.05, 3.63) is 29.3 Å². The lowest BCUT2D eigenvalue weighted by Gasteiger charge is -2.34. The molecule has 1 atom stereocenters. The topological polar surface area (TPSA) is 20.3 Å². The van der Waals surface area contributed by atoms with Gasteiger partial charge in [-0.05, 0) is 30.9 Å². The molecule has 1 heterocycles. The van der Waals surface area contributed by atoms with Crippen molar-refractivity contribution in [2.24, 2.45) is 5.92 Å².